The molecule has 1 radical (unpaired) electrons. The second kappa shape index (κ2) is 5.80. The molecule has 4 heteroatoms. The lowest BCUT2D eigenvalue weighted by Gasteiger charge is -2.31. The van der Waals surface area contributed by atoms with Gasteiger partial charge in [0.2, 0.25) is 0 Å². The van der Waals surface area contributed by atoms with Gasteiger partial charge in [-0.3, -0.25) is 4.90 Å². The molecule has 0 bridgehead atoms. The maximum Gasteiger partial charge on any atom is 0.339 e. The molecular weight excluding hydrogens is 216 g/mol. The van der Waals surface area contributed by atoms with Crippen molar-refractivity contribution in [2.24, 2.45) is 0 Å². The SMILES string of the molecule is CC(OC(=O)c1ccccc1)N1CC[N]CC1. The van der Waals surface area contributed by atoms with Crippen molar-refractivity contribution in [2.45, 2.75) is 13.2 Å². The van der Waals surface area contributed by atoms with Crippen LogP contribution in [0.25, 0.3) is 0 Å². The van der Waals surface area contributed by atoms with E-state index in [4.69, 9.17) is 4.74 Å². The topological polar surface area (TPSA) is 43.6 Å². The van der Waals surface area contributed by atoms with Crippen molar-refractivity contribution < 1.29 is 9.53 Å². The van der Waals surface area contributed by atoms with Crippen LogP contribution in [0.2, 0.25) is 0 Å². The number of nitrogens with zero attached hydrogens (tertiary/aromatic N) is 2. The van der Waals surface area contributed by atoms with Crippen LogP contribution in [-0.2, 0) is 4.74 Å². The molecule has 2 rings (SSSR count). The molecule has 4 nitrogen and oxygen atoms in total. The monoisotopic (exact) mass is 233 g/mol. The van der Waals surface area contributed by atoms with Gasteiger partial charge in [-0.2, -0.15) is 0 Å². The third kappa shape index (κ3) is 3.28. The van der Waals surface area contributed by atoms with Crippen LogP contribution in [0.3, 0.4) is 0 Å². The van der Waals surface area contributed by atoms with Gasteiger partial charge in [-0.25, -0.2) is 10.1 Å². The maximum atomic E-state index is 11.8. The zero-order chi connectivity index (χ0) is 12.1. The number of ether oxygens (including phenoxy) is 1. The Morgan fingerprint density at radius 2 is 1.94 bits per heavy atom. The zero-order valence-electron chi connectivity index (χ0n) is 10.0. The van der Waals surface area contributed by atoms with Crippen LogP contribution >= 0.6 is 0 Å². The standard InChI is InChI=1S/C13H17N2O2/c1-11(15-9-7-14-8-10-15)17-13(16)12-5-3-2-4-6-12/h2-6,11H,7-10H2,1H3. The summed E-state index contributed by atoms with van der Waals surface area (Å²) in [7, 11) is 0. The highest BCUT2D eigenvalue weighted by atomic mass is 16.6. The molecule has 1 atom stereocenters. The van der Waals surface area contributed by atoms with Gasteiger partial charge < -0.3 is 4.74 Å². The Labute approximate surface area is 102 Å². The molecule has 1 aromatic carbocycles. The Morgan fingerprint density at radius 3 is 2.59 bits per heavy atom. The van der Waals surface area contributed by atoms with Crippen molar-refractivity contribution in [3.63, 3.8) is 0 Å². The molecule has 1 aliphatic rings. The lowest BCUT2D eigenvalue weighted by Crippen LogP contribution is -2.46. The number of esters is 1. The molecule has 1 heterocycles. The van der Waals surface area contributed by atoms with Crippen molar-refractivity contribution in [1.82, 2.24) is 10.2 Å². The summed E-state index contributed by atoms with van der Waals surface area (Å²) in [6.07, 6.45) is -0.182. The summed E-state index contributed by atoms with van der Waals surface area (Å²) in [4.78, 5) is 14.0. The largest absolute Gasteiger partial charge is 0.443 e. The molecule has 0 amide bonds. The Hall–Kier alpha value is -1.39. The zero-order valence-corrected chi connectivity index (χ0v) is 10.0. The lowest BCUT2D eigenvalue weighted by molar-refractivity contribution is -0.0276. The summed E-state index contributed by atoms with van der Waals surface area (Å²) in [6, 6.07) is 9.08. The highest BCUT2D eigenvalue weighted by molar-refractivity contribution is 5.89. The number of hydrogen-bond donors (Lipinski definition) is 0. The lowest BCUT2D eigenvalue weighted by atomic mass is 10.2. The van der Waals surface area contributed by atoms with Gasteiger partial charge >= 0.3 is 5.97 Å². The van der Waals surface area contributed by atoms with E-state index in [1.165, 1.54) is 0 Å². The van der Waals surface area contributed by atoms with Gasteiger partial charge in [0.05, 0.1) is 5.56 Å². The predicted molar refractivity (Wildman–Crippen MR) is 64.8 cm³/mol. The second-order valence-electron chi connectivity index (χ2n) is 4.08. The highest BCUT2D eigenvalue weighted by Crippen LogP contribution is 2.08. The molecule has 1 unspecified atom stereocenters. The summed E-state index contributed by atoms with van der Waals surface area (Å²) in [5.74, 6) is -0.263. The first kappa shape index (κ1) is 12.1. The summed E-state index contributed by atoms with van der Waals surface area (Å²) in [6.45, 7) is 5.29. The second-order valence-corrected chi connectivity index (χ2v) is 4.08. The molecule has 17 heavy (non-hydrogen) atoms. The van der Waals surface area contributed by atoms with Crippen LogP contribution in [-0.4, -0.2) is 43.3 Å². The van der Waals surface area contributed by atoms with Crippen molar-refractivity contribution >= 4 is 5.97 Å². The Balaban J connectivity index is 1.89. The van der Waals surface area contributed by atoms with Gasteiger partial charge in [-0.1, -0.05) is 18.2 Å². The third-order valence-corrected chi connectivity index (χ3v) is 2.89. The van der Waals surface area contributed by atoms with Crippen LogP contribution in [0.1, 0.15) is 17.3 Å². The van der Waals surface area contributed by atoms with Crippen LogP contribution in [0.15, 0.2) is 30.3 Å². The Morgan fingerprint density at radius 1 is 1.29 bits per heavy atom. The van der Waals surface area contributed by atoms with E-state index in [-0.39, 0.29) is 12.2 Å². The number of benzene rings is 1. The fourth-order valence-electron chi connectivity index (χ4n) is 1.86. The van der Waals surface area contributed by atoms with E-state index in [1.807, 2.05) is 25.1 Å². The smallest absolute Gasteiger partial charge is 0.339 e. The maximum absolute atomic E-state index is 11.8. The minimum atomic E-state index is -0.263. The summed E-state index contributed by atoms with van der Waals surface area (Å²) in [5.41, 5.74) is 0.598. The van der Waals surface area contributed by atoms with E-state index >= 15 is 0 Å². The first-order chi connectivity index (χ1) is 8.27. The number of hydrogen-bond acceptors (Lipinski definition) is 3. The first-order valence-electron chi connectivity index (χ1n) is 5.91. The van der Waals surface area contributed by atoms with Crippen LogP contribution in [0, 0.1) is 0 Å². The van der Waals surface area contributed by atoms with E-state index in [9.17, 15) is 4.79 Å². The van der Waals surface area contributed by atoms with Gasteiger partial charge in [0.1, 0.15) is 0 Å². The van der Waals surface area contributed by atoms with Crippen molar-refractivity contribution in [3.05, 3.63) is 35.9 Å². The van der Waals surface area contributed by atoms with Gasteiger partial charge in [0.15, 0.2) is 6.23 Å². The number of carbonyl (C=O) groups excluding carboxylic acids is 1. The van der Waals surface area contributed by atoms with E-state index in [0.717, 1.165) is 26.2 Å². The van der Waals surface area contributed by atoms with E-state index < -0.39 is 0 Å². The van der Waals surface area contributed by atoms with Crippen LogP contribution in [0.4, 0.5) is 0 Å². The van der Waals surface area contributed by atoms with Gasteiger partial charge in [0, 0.05) is 26.2 Å². The fraction of sp³-hybridized carbons (Fsp3) is 0.462. The average Bonchev–Trinajstić information content (AvgIpc) is 2.40. The van der Waals surface area contributed by atoms with Crippen LogP contribution in [0.5, 0.6) is 0 Å². The summed E-state index contributed by atoms with van der Waals surface area (Å²) >= 11 is 0. The first-order valence-corrected chi connectivity index (χ1v) is 5.91. The highest BCUT2D eigenvalue weighted by Gasteiger charge is 2.20. The quantitative estimate of drug-likeness (QED) is 0.734. The minimum Gasteiger partial charge on any atom is -0.443 e. The van der Waals surface area contributed by atoms with Crippen molar-refractivity contribution in [3.8, 4) is 0 Å². The summed E-state index contributed by atoms with van der Waals surface area (Å²) < 4.78 is 5.42. The molecule has 0 N–H and O–H groups in total. The van der Waals surface area contributed by atoms with Gasteiger partial charge in [0.25, 0.3) is 0 Å². The van der Waals surface area contributed by atoms with Crippen molar-refractivity contribution in [1.29, 1.82) is 0 Å². The number of piperazine rings is 1. The molecule has 1 aliphatic heterocycles. The summed E-state index contributed by atoms with van der Waals surface area (Å²) in [5, 5.41) is 4.26. The molecule has 0 spiro atoms. The Kier molecular flexibility index (Phi) is 4.12. The van der Waals surface area contributed by atoms with E-state index in [1.54, 1.807) is 12.1 Å². The molecule has 1 saturated heterocycles. The Bertz CT molecular complexity index is 361. The van der Waals surface area contributed by atoms with Gasteiger partial charge in [-0.05, 0) is 19.1 Å². The van der Waals surface area contributed by atoms with E-state index in [2.05, 4.69) is 10.2 Å². The van der Waals surface area contributed by atoms with Crippen LogP contribution < -0.4 is 5.32 Å². The molecule has 0 aromatic heterocycles. The molecular formula is C13H17N2O2. The molecule has 91 valence electrons. The molecule has 1 fully saturated rings. The normalized spacial score (nSPS) is 18.6. The number of carbonyl (C=O) groups is 1. The molecule has 0 saturated carbocycles. The average molecular weight is 233 g/mol. The van der Waals surface area contributed by atoms with Crippen molar-refractivity contribution in [2.75, 3.05) is 26.2 Å². The predicted octanol–water partition coefficient (Wildman–Crippen LogP) is 1.11. The molecule has 0 aliphatic carbocycles. The minimum absolute atomic E-state index is 0.182. The molecule has 1 aromatic rings. The fourth-order valence-corrected chi connectivity index (χ4v) is 1.86. The van der Waals surface area contributed by atoms with Gasteiger partial charge in [-0.15, -0.1) is 0 Å². The van der Waals surface area contributed by atoms with E-state index in [0.29, 0.717) is 5.56 Å². The third-order valence-electron chi connectivity index (χ3n) is 2.89. The number of rotatable bonds is 3.